The standard InChI is InChI=1S/C18H28N2O4S/c1-13(2)10-11-19-16-9-8-14(18(21)22)12-17(16)25(23,24)20-15-6-4-3-5-7-15/h8-9,12-13,15,19-20H,3-7,10-11H2,1-2H3,(H,21,22). The fraction of sp³-hybridized carbons (Fsp3) is 0.611. The van der Waals surface area contributed by atoms with Gasteiger partial charge in [0.2, 0.25) is 10.0 Å². The van der Waals surface area contributed by atoms with E-state index < -0.39 is 16.0 Å². The van der Waals surface area contributed by atoms with E-state index in [9.17, 15) is 18.3 Å². The van der Waals surface area contributed by atoms with Gasteiger partial charge in [0.1, 0.15) is 4.90 Å². The Morgan fingerprint density at radius 1 is 1.24 bits per heavy atom. The van der Waals surface area contributed by atoms with E-state index in [1.54, 1.807) is 6.07 Å². The summed E-state index contributed by atoms with van der Waals surface area (Å²) in [6.45, 7) is 4.82. The number of aromatic carboxylic acids is 1. The molecule has 0 atom stereocenters. The van der Waals surface area contributed by atoms with Gasteiger partial charge in [-0.25, -0.2) is 17.9 Å². The summed E-state index contributed by atoms with van der Waals surface area (Å²) in [5.74, 6) is -0.644. The molecule has 2 rings (SSSR count). The van der Waals surface area contributed by atoms with Crippen LogP contribution in [0.25, 0.3) is 0 Å². The minimum atomic E-state index is -3.77. The fourth-order valence-corrected chi connectivity index (χ4v) is 4.54. The molecule has 1 aliphatic rings. The molecule has 7 heteroatoms. The first-order valence-corrected chi connectivity index (χ1v) is 10.4. The first-order valence-electron chi connectivity index (χ1n) is 8.93. The van der Waals surface area contributed by atoms with Crippen LogP contribution in [0.1, 0.15) is 62.7 Å². The van der Waals surface area contributed by atoms with Gasteiger partial charge in [-0.1, -0.05) is 33.1 Å². The summed E-state index contributed by atoms with van der Waals surface area (Å²) in [5, 5.41) is 12.3. The molecule has 3 N–H and O–H groups in total. The van der Waals surface area contributed by atoms with Gasteiger partial charge >= 0.3 is 5.97 Å². The van der Waals surface area contributed by atoms with Gasteiger partial charge in [-0.15, -0.1) is 0 Å². The van der Waals surface area contributed by atoms with Crippen molar-refractivity contribution >= 4 is 21.7 Å². The van der Waals surface area contributed by atoms with E-state index in [1.807, 2.05) is 0 Å². The highest BCUT2D eigenvalue weighted by molar-refractivity contribution is 7.89. The molecule has 0 aromatic heterocycles. The van der Waals surface area contributed by atoms with Crippen molar-refractivity contribution in [1.29, 1.82) is 0 Å². The largest absolute Gasteiger partial charge is 0.478 e. The molecule has 25 heavy (non-hydrogen) atoms. The molecule has 0 spiro atoms. The minimum Gasteiger partial charge on any atom is -0.478 e. The van der Waals surface area contributed by atoms with Gasteiger partial charge in [0.25, 0.3) is 0 Å². The van der Waals surface area contributed by atoms with Crippen LogP contribution in [0.3, 0.4) is 0 Å². The Kier molecular flexibility index (Phi) is 6.84. The fourth-order valence-electron chi connectivity index (χ4n) is 3.02. The zero-order valence-electron chi connectivity index (χ0n) is 14.9. The molecule has 0 amide bonds. The van der Waals surface area contributed by atoms with Crippen molar-refractivity contribution in [1.82, 2.24) is 4.72 Å². The highest BCUT2D eigenvalue weighted by Crippen LogP contribution is 2.26. The molecule has 0 unspecified atom stereocenters. The number of carbonyl (C=O) groups is 1. The van der Waals surface area contributed by atoms with Crippen LogP contribution in [0.2, 0.25) is 0 Å². The molecule has 0 radical (unpaired) electrons. The number of nitrogens with one attached hydrogen (secondary N) is 2. The summed E-state index contributed by atoms with van der Waals surface area (Å²) in [7, 11) is -3.77. The van der Waals surface area contributed by atoms with Crippen LogP contribution in [-0.2, 0) is 10.0 Å². The van der Waals surface area contributed by atoms with E-state index in [1.165, 1.54) is 12.1 Å². The second kappa shape index (κ2) is 8.67. The van der Waals surface area contributed by atoms with Crippen LogP contribution in [0.5, 0.6) is 0 Å². The highest BCUT2D eigenvalue weighted by atomic mass is 32.2. The molecule has 1 fully saturated rings. The number of anilines is 1. The van der Waals surface area contributed by atoms with E-state index in [0.29, 0.717) is 18.2 Å². The topological polar surface area (TPSA) is 95.5 Å². The molecule has 1 aromatic rings. The third-order valence-electron chi connectivity index (χ3n) is 4.48. The number of hydrogen-bond acceptors (Lipinski definition) is 4. The summed E-state index contributed by atoms with van der Waals surface area (Å²) in [4.78, 5) is 11.3. The molecule has 1 saturated carbocycles. The number of rotatable bonds is 8. The monoisotopic (exact) mass is 368 g/mol. The molecule has 0 heterocycles. The van der Waals surface area contributed by atoms with Crippen LogP contribution in [0.4, 0.5) is 5.69 Å². The zero-order valence-corrected chi connectivity index (χ0v) is 15.7. The average Bonchev–Trinajstić information content (AvgIpc) is 2.55. The SMILES string of the molecule is CC(C)CCNc1ccc(C(=O)O)cc1S(=O)(=O)NC1CCCCC1. The maximum absolute atomic E-state index is 12.8. The summed E-state index contributed by atoms with van der Waals surface area (Å²) in [5.41, 5.74) is 0.424. The Hall–Kier alpha value is -1.60. The van der Waals surface area contributed by atoms with Crippen molar-refractivity contribution in [3.63, 3.8) is 0 Å². The van der Waals surface area contributed by atoms with Crippen molar-refractivity contribution < 1.29 is 18.3 Å². The van der Waals surface area contributed by atoms with Gasteiger partial charge in [-0.2, -0.15) is 0 Å². The van der Waals surface area contributed by atoms with Crippen molar-refractivity contribution in [3.8, 4) is 0 Å². The lowest BCUT2D eigenvalue weighted by molar-refractivity contribution is 0.0696. The summed E-state index contributed by atoms with van der Waals surface area (Å²) in [6.07, 6.45) is 5.72. The maximum Gasteiger partial charge on any atom is 0.335 e. The van der Waals surface area contributed by atoms with Crippen LogP contribution in [-0.4, -0.2) is 32.1 Å². The third kappa shape index (κ3) is 5.71. The molecule has 6 nitrogen and oxygen atoms in total. The number of carboxylic acids is 1. The predicted molar refractivity (Wildman–Crippen MR) is 98.5 cm³/mol. The van der Waals surface area contributed by atoms with Gasteiger partial charge < -0.3 is 10.4 Å². The summed E-state index contributed by atoms with van der Waals surface area (Å²) < 4.78 is 28.5. The van der Waals surface area contributed by atoms with Crippen LogP contribution in [0, 0.1) is 5.92 Å². The molecular formula is C18H28N2O4S. The van der Waals surface area contributed by atoms with Crippen LogP contribution in [0.15, 0.2) is 23.1 Å². The van der Waals surface area contributed by atoms with Gasteiger partial charge in [0.05, 0.1) is 11.3 Å². The van der Waals surface area contributed by atoms with Crippen LogP contribution >= 0.6 is 0 Å². The quantitative estimate of drug-likeness (QED) is 0.653. The molecule has 0 bridgehead atoms. The Bertz CT molecular complexity index is 695. The maximum atomic E-state index is 12.8. The van der Waals surface area contributed by atoms with E-state index in [2.05, 4.69) is 23.9 Å². The molecule has 140 valence electrons. The second-order valence-electron chi connectivity index (χ2n) is 7.08. The summed E-state index contributed by atoms with van der Waals surface area (Å²) >= 11 is 0. The normalized spacial score (nSPS) is 16.1. The van der Waals surface area contributed by atoms with E-state index >= 15 is 0 Å². The second-order valence-corrected chi connectivity index (χ2v) is 8.76. The Morgan fingerprint density at radius 2 is 1.92 bits per heavy atom. The van der Waals surface area contributed by atoms with Gasteiger partial charge in [-0.3, -0.25) is 0 Å². The Balaban J connectivity index is 2.26. The molecule has 1 aliphatic carbocycles. The van der Waals surface area contributed by atoms with Crippen LogP contribution < -0.4 is 10.0 Å². The zero-order chi connectivity index (χ0) is 18.4. The molecule has 1 aromatic carbocycles. The lowest BCUT2D eigenvalue weighted by Crippen LogP contribution is -2.36. The van der Waals surface area contributed by atoms with Gasteiger partial charge in [0.15, 0.2) is 0 Å². The van der Waals surface area contributed by atoms with E-state index in [-0.39, 0.29) is 16.5 Å². The highest BCUT2D eigenvalue weighted by Gasteiger charge is 2.25. The van der Waals surface area contributed by atoms with Crippen molar-refractivity contribution in [2.45, 2.75) is 63.3 Å². The van der Waals surface area contributed by atoms with E-state index in [4.69, 9.17) is 0 Å². The third-order valence-corrected chi connectivity index (χ3v) is 6.04. The first-order chi connectivity index (χ1) is 11.8. The lowest BCUT2D eigenvalue weighted by atomic mass is 9.96. The predicted octanol–water partition coefficient (Wildman–Crippen LogP) is 3.45. The summed E-state index contributed by atoms with van der Waals surface area (Å²) in [6, 6.07) is 4.14. The number of carboxylic acid groups (broad SMARTS) is 1. The Labute approximate surface area is 150 Å². The number of hydrogen-bond donors (Lipinski definition) is 3. The first kappa shape index (κ1) is 19.7. The molecular weight excluding hydrogens is 340 g/mol. The number of benzene rings is 1. The van der Waals surface area contributed by atoms with Crippen molar-refractivity contribution in [2.75, 3.05) is 11.9 Å². The average molecular weight is 368 g/mol. The van der Waals surface area contributed by atoms with Gasteiger partial charge in [0, 0.05) is 12.6 Å². The van der Waals surface area contributed by atoms with Crippen molar-refractivity contribution in [3.05, 3.63) is 23.8 Å². The van der Waals surface area contributed by atoms with E-state index in [0.717, 1.165) is 38.5 Å². The molecule has 0 aliphatic heterocycles. The lowest BCUT2D eigenvalue weighted by Gasteiger charge is -2.23. The Morgan fingerprint density at radius 3 is 2.52 bits per heavy atom. The minimum absolute atomic E-state index is 0.0155. The smallest absolute Gasteiger partial charge is 0.335 e. The van der Waals surface area contributed by atoms with Crippen molar-refractivity contribution in [2.24, 2.45) is 5.92 Å². The van der Waals surface area contributed by atoms with Gasteiger partial charge in [-0.05, 0) is 43.4 Å². The number of sulfonamides is 1. The molecule has 0 saturated heterocycles.